The molecule has 0 rings (SSSR count). The van der Waals surface area contributed by atoms with Gasteiger partial charge >= 0.3 is 0 Å². The highest BCUT2D eigenvalue weighted by Crippen LogP contribution is 2.11. The van der Waals surface area contributed by atoms with Crippen molar-refractivity contribution in [3.63, 3.8) is 0 Å². The molecule has 3 heteroatoms. The Bertz CT molecular complexity index is 316. The molecule has 0 amide bonds. The minimum atomic E-state index is 0.430. The molecule has 0 heterocycles. The van der Waals surface area contributed by atoms with Crippen LogP contribution in [-0.4, -0.2) is 5.71 Å². The van der Waals surface area contributed by atoms with E-state index in [4.69, 9.17) is 0 Å². The zero-order valence-corrected chi connectivity index (χ0v) is 10.6. The van der Waals surface area contributed by atoms with Gasteiger partial charge in [-0.1, -0.05) is 20.4 Å². The van der Waals surface area contributed by atoms with E-state index in [9.17, 15) is 0 Å². The van der Waals surface area contributed by atoms with Gasteiger partial charge in [0.25, 0.3) is 0 Å². The molecule has 0 N–H and O–H groups in total. The van der Waals surface area contributed by atoms with E-state index in [0.717, 1.165) is 11.3 Å². The van der Waals surface area contributed by atoms with E-state index in [1.54, 1.807) is 0 Å². The molecule has 0 unspecified atom stereocenters. The van der Waals surface area contributed by atoms with Crippen LogP contribution in [0.5, 0.6) is 0 Å². The fourth-order valence-electron chi connectivity index (χ4n) is 0.663. The molecular formula is C12H21N3. The molecule has 0 aromatic heterocycles. The predicted octanol–water partition coefficient (Wildman–Crippen LogP) is 4.34. The average Bonchev–Trinajstić information content (AvgIpc) is 2.10. The highest BCUT2D eigenvalue weighted by atomic mass is 15.2. The van der Waals surface area contributed by atoms with Crippen LogP contribution in [0.4, 0.5) is 0 Å². The van der Waals surface area contributed by atoms with Crippen molar-refractivity contribution in [3.05, 3.63) is 23.7 Å². The first-order valence-electron chi connectivity index (χ1n) is 5.14. The molecule has 84 valence electrons. The van der Waals surface area contributed by atoms with Crippen LogP contribution in [0, 0.1) is 5.92 Å². The fourth-order valence-corrected chi connectivity index (χ4v) is 0.663. The van der Waals surface area contributed by atoms with Crippen LogP contribution in [0.15, 0.2) is 38.9 Å². The summed E-state index contributed by atoms with van der Waals surface area (Å²) in [5.74, 6) is 1.11. The summed E-state index contributed by atoms with van der Waals surface area (Å²) < 4.78 is 0. The molecule has 0 spiro atoms. The summed E-state index contributed by atoms with van der Waals surface area (Å²) in [6.07, 6.45) is 0. The first-order chi connectivity index (χ1) is 6.84. The summed E-state index contributed by atoms with van der Waals surface area (Å²) in [6, 6.07) is 0. The highest BCUT2D eigenvalue weighted by molar-refractivity contribution is 5.84. The molecule has 0 bridgehead atoms. The Kier molecular flexibility index (Phi) is 5.75. The van der Waals surface area contributed by atoms with Crippen molar-refractivity contribution in [2.45, 2.75) is 41.5 Å². The van der Waals surface area contributed by atoms with Crippen molar-refractivity contribution < 1.29 is 0 Å². The average molecular weight is 207 g/mol. The Labute approximate surface area is 92.7 Å². The summed E-state index contributed by atoms with van der Waals surface area (Å²) >= 11 is 0. The first kappa shape index (κ1) is 13.8. The Balaban J connectivity index is 4.97. The molecule has 0 aliphatic heterocycles. The topological polar surface area (TPSA) is 37.1 Å². The number of rotatable bonds is 4. The van der Waals surface area contributed by atoms with E-state index in [2.05, 4.69) is 35.6 Å². The van der Waals surface area contributed by atoms with Gasteiger partial charge in [0.05, 0.1) is 5.70 Å². The van der Waals surface area contributed by atoms with E-state index in [-0.39, 0.29) is 0 Å². The zero-order valence-electron chi connectivity index (χ0n) is 10.6. The Hall–Kier alpha value is -1.25. The number of hydrogen-bond acceptors (Lipinski definition) is 3. The maximum absolute atomic E-state index is 4.44. The number of azo groups is 1. The normalized spacial score (nSPS) is 12.3. The third kappa shape index (κ3) is 5.94. The van der Waals surface area contributed by atoms with Gasteiger partial charge in [-0.2, -0.15) is 5.11 Å². The van der Waals surface area contributed by atoms with Crippen molar-refractivity contribution in [2.75, 3.05) is 0 Å². The molecule has 15 heavy (non-hydrogen) atoms. The lowest BCUT2D eigenvalue weighted by Gasteiger charge is -2.04. The van der Waals surface area contributed by atoms with Crippen molar-refractivity contribution >= 4 is 5.71 Å². The van der Waals surface area contributed by atoms with Crippen LogP contribution in [-0.2, 0) is 0 Å². The van der Waals surface area contributed by atoms with Crippen LogP contribution in [0.3, 0.4) is 0 Å². The Morgan fingerprint density at radius 1 is 1.00 bits per heavy atom. The Morgan fingerprint density at radius 2 is 1.53 bits per heavy atom. The SMILES string of the molecule is C=C(C)N=NC(N=C(C)C(C)C)=C(C)C. The van der Waals surface area contributed by atoms with Gasteiger partial charge in [0.2, 0.25) is 0 Å². The smallest absolute Gasteiger partial charge is 0.172 e. The highest BCUT2D eigenvalue weighted by Gasteiger charge is 2.01. The second-order valence-electron chi connectivity index (χ2n) is 4.17. The molecular weight excluding hydrogens is 186 g/mol. The predicted molar refractivity (Wildman–Crippen MR) is 66.0 cm³/mol. The van der Waals surface area contributed by atoms with Gasteiger partial charge in [-0.15, -0.1) is 5.11 Å². The van der Waals surface area contributed by atoms with Gasteiger partial charge in [0, 0.05) is 5.71 Å². The Morgan fingerprint density at radius 3 is 1.87 bits per heavy atom. The molecule has 0 aromatic carbocycles. The summed E-state index contributed by atoms with van der Waals surface area (Å²) in [6.45, 7) is 15.7. The monoisotopic (exact) mass is 207 g/mol. The molecule has 0 radical (unpaired) electrons. The zero-order chi connectivity index (χ0) is 12.0. The fraction of sp³-hybridized carbons (Fsp3) is 0.583. The summed E-state index contributed by atoms with van der Waals surface area (Å²) in [5, 5.41) is 7.99. The van der Waals surface area contributed by atoms with Gasteiger partial charge in [-0.25, -0.2) is 4.99 Å². The second-order valence-corrected chi connectivity index (χ2v) is 4.17. The van der Waals surface area contributed by atoms with Gasteiger partial charge in [0.15, 0.2) is 5.82 Å². The van der Waals surface area contributed by atoms with Crippen LogP contribution in [0.25, 0.3) is 0 Å². The molecule has 0 saturated heterocycles. The van der Waals surface area contributed by atoms with E-state index in [1.165, 1.54) is 0 Å². The summed E-state index contributed by atoms with van der Waals surface area (Å²) in [5.41, 5.74) is 2.80. The van der Waals surface area contributed by atoms with E-state index in [1.807, 2.05) is 27.7 Å². The van der Waals surface area contributed by atoms with E-state index < -0.39 is 0 Å². The van der Waals surface area contributed by atoms with Gasteiger partial charge in [0.1, 0.15) is 0 Å². The maximum atomic E-state index is 4.44. The number of nitrogens with zero attached hydrogens (tertiary/aromatic N) is 3. The van der Waals surface area contributed by atoms with Gasteiger partial charge in [-0.3, -0.25) is 0 Å². The standard InChI is InChI=1S/C12H21N3/c1-8(2)11(7)13-12(9(3)4)15-14-10(5)6/h8H,5H2,1-4,6-7H3. The number of allylic oxidation sites excluding steroid dienone is 2. The lowest BCUT2D eigenvalue weighted by molar-refractivity contribution is 0.869. The first-order valence-corrected chi connectivity index (χ1v) is 5.14. The maximum Gasteiger partial charge on any atom is 0.172 e. The minimum absolute atomic E-state index is 0.430. The molecule has 0 aliphatic rings. The summed E-state index contributed by atoms with van der Waals surface area (Å²) in [4.78, 5) is 4.44. The van der Waals surface area contributed by atoms with Crippen LogP contribution >= 0.6 is 0 Å². The molecule has 0 fully saturated rings. The van der Waals surface area contributed by atoms with Crippen LogP contribution < -0.4 is 0 Å². The lowest BCUT2D eigenvalue weighted by atomic mass is 10.1. The van der Waals surface area contributed by atoms with Gasteiger partial charge < -0.3 is 0 Å². The molecule has 0 saturated carbocycles. The van der Waals surface area contributed by atoms with Crippen molar-refractivity contribution in [2.24, 2.45) is 21.1 Å². The van der Waals surface area contributed by atoms with E-state index in [0.29, 0.717) is 17.4 Å². The van der Waals surface area contributed by atoms with Gasteiger partial charge in [-0.05, 0) is 39.2 Å². The third-order valence-corrected chi connectivity index (χ3v) is 1.88. The quantitative estimate of drug-likeness (QED) is 0.486. The molecule has 3 nitrogen and oxygen atoms in total. The molecule has 0 atom stereocenters. The molecule has 0 aliphatic carbocycles. The van der Waals surface area contributed by atoms with Crippen LogP contribution in [0.2, 0.25) is 0 Å². The van der Waals surface area contributed by atoms with Crippen molar-refractivity contribution in [1.82, 2.24) is 0 Å². The molecule has 0 aromatic rings. The largest absolute Gasteiger partial charge is 0.237 e. The third-order valence-electron chi connectivity index (χ3n) is 1.88. The minimum Gasteiger partial charge on any atom is -0.237 e. The lowest BCUT2D eigenvalue weighted by Crippen LogP contribution is -2.02. The number of aliphatic imine (C=N–C) groups is 1. The van der Waals surface area contributed by atoms with Crippen LogP contribution in [0.1, 0.15) is 41.5 Å². The van der Waals surface area contributed by atoms with Crippen molar-refractivity contribution in [1.29, 1.82) is 0 Å². The second kappa shape index (κ2) is 6.27. The summed E-state index contributed by atoms with van der Waals surface area (Å²) in [7, 11) is 0. The van der Waals surface area contributed by atoms with Crippen molar-refractivity contribution in [3.8, 4) is 0 Å². The number of hydrogen-bond donors (Lipinski definition) is 0. The van der Waals surface area contributed by atoms with E-state index >= 15 is 0 Å².